The fourth-order valence-corrected chi connectivity index (χ4v) is 3.12. The highest BCUT2D eigenvalue weighted by Gasteiger charge is 2.59. The van der Waals surface area contributed by atoms with Gasteiger partial charge in [-0.15, -0.1) is 0 Å². The third-order valence-electron chi connectivity index (χ3n) is 4.30. The van der Waals surface area contributed by atoms with E-state index in [-0.39, 0.29) is 5.91 Å². The monoisotopic (exact) mass is 324 g/mol. The van der Waals surface area contributed by atoms with Crippen LogP contribution in [-0.2, 0) is 10.5 Å². The normalized spacial score (nSPS) is 21.9. The van der Waals surface area contributed by atoms with Gasteiger partial charge in [-0.25, -0.2) is 0 Å². The predicted molar refractivity (Wildman–Crippen MR) is 91.1 cm³/mol. The number of anilines is 1. The summed E-state index contributed by atoms with van der Waals surface area (Å²) in [6.45, 7) is 3.78. The van der Waals surface area contributed by atoms with Gasteiger partial charge < -0.3 is 10.5 Å². The van der Waals surface area contributed by atoms with Crippen LogP contribution in [0.15, 0.2) is 64.9 Å². The summed E-state index contributed by atoms with van der Waals surface area (Å²) in [6.07, 6.45) is 0. The number of methoxy groups -OCH3 is 1. The topological polar surface area (TPSA) is 80.3 Å². The minimum atomic E-state index is -1.13. The largest absolute Gasteiger partial charge is 0.399 e. The molecule has 1 aliphatic rings. The van der Waals surface area contributed by atoms with Crippen LogP contribution in [0.25, 0.3) is 0 Å². The first-order valence-electron chi connectivity index (χ1n) is 7.66. The third-order valence-corrected chi connectivity index (χ3v) is 4.30. The van der Waals surface area contributed by atoms with Crippen molar-refractivity contribution in [2.24, 2.45) is 10.3 Å². The number of nitrogen functional groups attached to an aromatic ring is 1. The molecule has 6 nitrogen and oxygen atoms in total. The molecule has 2 aromatic rings. The van der Waals surface area contributed by atoms with Crippen molar-refractivity contribution in [1.82, 2.24) is 5.01 Å². The van der Waals surface area contributed by atoms with Gasteiger partial charge >= 0.3 is 0 Å². The quantitative estimate of drug-likeness (QED) is 0.879. The van der Waals surface area contributed by atoms with Crippen molar-refractivity contribution in [1.29, 1.82) is 0 Å². The van der Waals surface area contributed by atoms with E-state index < -0.39 is 11.3 Å². The minimum absolute atomic E-state index is 0.317. The Morgan fingerprint density at radius 2 is 1.83 bits per heavy atom. The van der Waals surface area contributed by atoms with Crippen molar-refractivity contribution in [2.75, 3.05) is 12.8 Å². The van der Waals surface area contributed by atoms with E-state index in [2.05, 4.69) is 10.3 Å². The SMILES string of the molecule is COC1(c2ccccc2)N(C(=O)c2cccc(N)c2)N=NC1(C)C. The molecule has 124 valence electrons. The molecule has 0 aliphatic carbocycles. The molecule has 1 heterocycles. The second kappa shape index (κ2) is 5.72. The molecule has 24 heavy (non-hydrogen) atoms. The Balaban J connectivity index is 2.13. The average Bonchev–Trinajstić information content (AvgIpc) is 2.86. The first kappa shape index (κ1) is 16.1. The van der Waals surface area contributed by atoms with Gasteiger partial charge in [0.1, 0.15) is 5.54 Å². The van der Waals surface area contributed by atoms with Gasteiger partial charge in [-0.1, -0.05) is 41.6 Å². The molecule has 0 spiro atoms. The first-order chi connectivity index (χ1) is 11.4. The van der Waals surface area contributed by atoms with Crippen LogP contribution in [0.5, 0.6) is 0 Å². The zero-order chi connectivity index (χ0) is 17.4. The Bertz CT molecular complexity index is 789. The lowest BCUT2D eigenvalue weighted by Crippen LogP contribution is -2.56. The van der Waals surface area contributed by atoms with Crippen molar-refractivity contribution in [2.45, 2.75) is 25.1 Å². The van der Waals surface area contributed by atoms with Crippen LogP contribution < -0.4 is 5.73 Å². The molecule has 0 radical (unpaired) electrons. The Labute approximate surface area is 140 Å². The highest BCUT2D eigenvalue weighted by molar-refractivity contribution is 5.95. The van der Waals surface area contributed by atoms with E-state index in [0.717, 1.165) is 5.56 Å². The molecule has 6 heteroatoms. The van der Waals surface area contributed by atoms with Gasteiger partial charge in [0.25, 0.3) is 5.91 Å². The van der Waals surface area contributed by atoms with Crippen LogP contribution in [0.2, 0.25) is 0 Å². The minimum Gasteiger partial charge on any atom is -0.399 e. The second-order valence-corrected chi connectivity index (χ2v) is 6.21. The summed E-state index contributed by atoms with van der Waals surface area (Å²) in [5.41, 5.74) is 5.68. The van der Waals surface area contributed by atoms with Crippen LogP contribution in [0.1, 0.15) is 29.8 Å². The number of nitrogens with two attached hydrogens (primary N) is 1. The molecule has 2 N–H and O–H groups in total. The number of rotatable bonds is 3. The summed E-state index contributed by atoms with van der Waals surface area (Å²) in [5, 5.41) is 9.73. The van der Waals surface area contributed by atoms with Gasteiger partial charge in [0, 0.05) is 23.9 Å². The smallest absolute Gasteiger partial charge is 0.278 e. The molecule has 0 saturated heterocycles. The van der Waals surface area contributed by atoms with Gasteiger partial charge in [0.2, 0.25) is 5.72 Å². The van der Waals surface area contributed by atoms with Gasteiger partial charge in [0.05, 0.1) is 0 Å². The number of hydrogen-bond donors (Lipinski definition) is 1. The first-order valence-corrected chi connectivity index (χ1v) is 7.66. The number of nitrogens with zero attached hydrogens (tertiary/aromatic N) is 3. The molecular formula is C18H20N4O2. The van der Waals surface area contributed by atoms with Crippen molar-refractivity contribution in [3.05, 3.63) is 65.7 Å². The third kappa shape index (κ3) is 2.27. The van der Waals surface area contributed by atoms with Crippen LogP contribution in [0.3, 0.4) is 0 Å². The summed E-state index contributed by atoms with van der Waals surface area (Å²) in [5.74, 6) is -0.317. The van der Waals surface area contributed by atoms with Crippen LogP contribution >= 0.6 is 0 Å². The van der Waals surface area contributed by atoms with Crippen LogP contribution in [0, 0.1) is 0 Å². The number of hydrogen-bond acceptors (Lipinski definition) is 5. The Morgan fingerprint density at radius 3 is 2.46 bits per heavy atom. The van der Waals surface area contributed by atoms with Gasteiger partial charge in [0.15, 0.2) is 0 Å². The zero-order valence-electron chi connectivity index (χ0n) is 13.9. The van der Waals surface area contributed by atoms with Crippen molar-refractivity contribution in [3.8, 4) is 0 Å². The van der Waals surface area contributed by atoms with Crippen molar-refractivity contribution >= 4 is 11.6 Å². The molecule has 0 aromatic heterocycles. The standard InChI is InChI=1S/C18H20N4O2/c1-17(2)18(24-3,14-9-5-4-6-10-14)22(21-20-17)16(23)13-8-7-11-15(19)12-13/h4-12H,19H2,1-3H3. The molecule has 0 saturated carbocycles. The Hall–Kier alpha value is -2.73. The predicted octanol–water partition coefficient (Wildman–Crippen LogP) is 3.37. The molecule has 1 amide bonds. The number of amides is 1. The molecule has 2 aromatic carbocycles. The van der Waals surface area contributed by atoms with E-state index in [1.807, 2.05) is 44.2 Å². The summed E-state index contributed by atoms with van der Waals surface area (Å²) >= 11 is 0. The van der Waals surface area contributed by atoms with E-state index in [0.29, 0.717) is 11.3 Å². The molecule has 0 fully saturated rings. The maximum absolute atomic E-state index is 13.1. The zero-order valence-corrected chi connectivity index (χ0v) is 13.9. The van der Waals surface area contributed by atoms with E-state index in [1.54, 1.807) is 31.4 Å². The maximum Gasteiger partial charge on any atom is 0.278 e. The van der Waals surface area contributed by atoms with E-state index in [9.17, 15) is 4.79 Å². The van der Waals surface area contributed by atoms with Crippen molar-refractivity contribution in [3.63, 3.8) is 0 Å². The molecule has 1 unspecified atom stereocenters. The van der Waals surface area contributed by atoms with Gasteiger partial charge in [-0.05, 0) is 32.0 Å². The fourth-order valence-electron chi connectivity index (χ4n) is 3.12. The summed E-state index contributed by atoms with van der Waals surface area (Å²) < 4.78 is 5.87. The van der Waals surface area contributed by atoms with Crippen LogP contribution in [-0.4, -0.2) is 23.6 Å². The number of benzene rings is 2. The highest BCUT2D eigenvalue weighted by atomic mass is 16.5. The second-order valence-electron chi connectivity index (χ2n) is 6.21. The summed E-state index contributed by atoms with van der Waals surface area (Å²) in [7, 11) is 1.56. The molecule has 1 atom stereocenters. The summed E-state index contributed by atoms with van der Waals surface area (Å²) in [6, 6.07) is 16.3. The van der Waals surface area contributed by atoms with Gasteiger partial charge in [-0.3, -0.25) is 4.79 Å². The molecule has 1 aliphatic heterocycles. The Morgan fingerprint density at radius 1 is 1.12 bits per heavy atom. The van der Waals surface area contributed by atoms with Crippen LogP contribution in [0.4, 0.5) is 5.69 Å². The molecule has 3 rings (SSSR count). The van der Waals surface area contributed by atoms with E-state index in [1.165, 1.54) is 5.01 Å². The molecular weight excluding hydrogens is 304 g/mol. The lowest BCUT2D eigenvalue weighted by molar-refractivity contribution is -0.141. The highest BCUT2D eigenvalue weighted by Crippen LogP contribution is 2.47. The van der Waals surface area contributed by atoms with E-state index >= 15 is 0 Å². The summed E-state index contributed by atoms with van der Waals surface area (Å²) in [4.78, 5) is 13.1. The van der Waals surface area contributed by atoms with E-state index in [4.69, 9.17) is 10.5 Å². The fraction of sp³-hybridized carbons (Fsp3) is 0.278. The maximum atomic E-state index is 13.1. The lowest BCUT2D eigenvalue weighted by atomic mass is 9.84. The number of ether oxygens (including phenoxy) is 1. The number of carbonyl (C=O) groups is 1. The number of carbonyl (C=O) groups excluding carboxylic acids is 1. The average molecular weight is 324 g/mol. The lowest BCUT2D eigenvalue weighted by Gasteiger charge is -2.41. The van der Waals surface area contributed by atoms with Gasteiger partial charge in [-0.2, -0.15) is 10.1 Å². The molecule has 0 bridgehead atoms. The Kier molecular flexibility index (Phi) is 3.85. The van der Waals surface area contributed by atoms with Crippen molar-refractivity contribution < 1.29 is 9.53 Å².